The number of thiazole rings is 1. The molecule has 3 aromatic rings. The zero-order valence-corrected chi connectivity index (χ0v) is 16.9. The Bertz CT molecular complexity index is 1070. The summed E-state index contributed by atoms with van der Waals surface area (Å²) in [5.41, 5.74) is 2.93. The predicted octanol–water partition coefficient (Wildman–Crippen LogP) is 5.89. The summed E-state index contributed by atoms with van der Waals surface area (Å²) in [6, 6.07) is 2.59. The highest BCUT2D eigenvalue weighted by Gasteiger charge is 2.28. The molecule has 144 valence electrons. The average molecular weight is 395 g/mol. The van der Waals surface area contributed by atoms with Crippen LogP contribution in [0, 0.1) is 0 Å². The third-order valence-electron chi connectivity index (χ3n) is 5.21. The topological polar surface area (TPSA) is 33.4 Å². The lowest BCUT2D eigenvalue weighted by atomic mass is 10.0. The zero-order chi connectivity index (χ0) is 19.7. The number of aromatic nitrogens is 3. The molecular formula is C22H23FN4S. The quantitative estimate of drug-likeness (QED) is 0.489. The minimum absolute atomic E-state index is 0.293. The molecule has 6 heteroatoms. The molecule has 1 aliphatic rings. The minimum atomic E-state index is -0.293. The molecule has 0 aromatic carbocycles. The van der Waals surface area contributed by atoms with Gasteiger partial charge in [0.2, 0.25) is 0 Å². The van der Waals surface area contributed by atoms with Crippen molar-refractivity contribution in [2.75, 3.05) is 11.4 Å². The first-order chi connectivity index (χ1) is 13.7. The van der Waals surface area contributed by atoms with Crippen molar-refractivity contribution in [2.45, 2.75) is 32.7 Å². The van der Waals surface area contributed by atoms with Gasteiger partial charge in [0.05, 0.1) is 4.88 Å². The highest BCUT2D eigenvalue weighted by atomic mass is 32.1. The molecule has 0 N–H and O–H groups in total. The number of hydrogen-bond acceptors (Lipinski definition) is 4. The Kier molecular flexibility index (Phi) is 5.13. The van der Waals surface area contributed by atoms with E-state index in [0.717, 1.165) is 34.1 Å². The van der Waals surface area contributed by atoms with Crippen molar-refractivity contribution in [1.29, 1.82) is 0 Å². The van der Waals surface area contributed by atoms with E-state index in [1.807, 2.05) is 29.1 Å². The van der Waals surface area contributed by atoms with Gasteiger partial charge >= 0.3 is 0 Å². The van der Waals surface area contributed by atoms with Crippen molar-refractivity contribution >= 4 is 27.7 Å². The minimum Gasteiger partial charge on any atom is -0.345 e. The maximum absolute atomic E-state index is 14.6. The molecule has 0 radical (unpaired) electrons. The highest BCUT2D eigenvalue weighted by Crippen LogP contribution is 2.38. The Labute approximate surface area is 168 Å². The molecule has 1 saturated heterocycles. The maximum atomic E-state index is 14.6. The van der Waals surface area contributed by atoms with Gasteiger partial charge < -0.3 is 9.30 Å². The van der Waals surface area contributed by atoms with Crippen molar-refractivity contribution < 1.29 is 4.39 Å². The second kappa shape index (κ2) is 7.72. The van der Waals surface area contributed by atoms with E-state index in [1.165, 1.54) is 12.5 Å². The number of imidazole rings is 1. The second-order valence-electron chi connectivity index (χ2n) is 6.80. The van der Waals surface area contributed by atoms with Crippen LogP contribution >= 0.6 is 11.3 Å². The lowest BCUT2D eigenvalue weighted by Crippen LogP contribution is -2.47. The maximum Gasteiger partial charge on any atom is 0.186 e. The molecule has 3 aromatic heterocycles. The summed E-state index contributed by atoms with van der Waals surface area (Å²) in [6.45, 7) is 8.70. The average Bonchev–Trinajstić information content (AvgIpc) is 3.34. The van der Waals surface area contributed by atoms with Crippen molar-refractivity contribution in [3.8, 4) is 10.4 Å². The van der Waals surface area contributed by atoms with Crippen LogP contribution in [0.3, 0.4) is 0 Å². The van der Waals surface area contributed by atoms with E-state index >= 15 is 0 Å². The fourth-order valence-corrected chi connectivity index (χ4v) is 4.58. The van der Waals surface area contributed by atoms with E-state index in [4.69, 9.17) is 0 Å². The number of fused-ring (bicyclic) bond motifs is 1. The third kappa shape index (κ3) is 3.18. The monoisotopic (exact) mass is 394 g/mol. The summed E-state index contributed by atoms with van der Waals surface area (Å²) in [4.78, 5) is 12.5. The number of anilines is 1. The van der Waals surface area contributed by atoms with Crippen molar-refractivity contribution in [3.05, 3.63) is 67.1 Å². The lowest BCUT2D eigenvalue weighted by Gasteiger charge is -2.40. The second-order valence-corrected chi connectivity index (χ2v) is 7.81. The lowest BCUT2D eigenvalue weighted by molar-refractivity contribution is 0.436. The van der Waals surface area contributed by atoms with Crippen LogP contribution in [0.25, 0.3) is 21.7 Å². The van der Waals surface area contributed by atoms with Gasteiger partial charge in [-0.1, -0.05) is 43.1 Å². The van der Waals surface area contributed by atoms with E-state index < -0.39 is 0 Å². The largest absolute Gasteiger partial charge is 0.345 e. The van der Waals surface area contributed by atoms with E-state index in [9.17, 15) is 4.39 Å². The number of halogens is 1. The van der Waals surface area contributed by atoms with Gasteiger partial charge in [0, 0.05) is 54.1 Å². The van der Waals surface area contributed by atoms with Gasteiger partial charge in [-0.05, 0) is 25.8 Å². The van der Waals surface area contributed by atoms with Crippen LogP contribution in [0.1, 0.15) is 32.3 Å². The van der Waals surface area contributed by atoms with Crippen LogP contribution in [-0.4, -0.2) is 27.0 Å². The highest BCUT2D eigenvalue weighted by molar-refractivity contribution is 7.18. The number of nitrogens with zero attached hydrogens (tertiary/aromatic N) is 4. The molecule has 1 fully saturated rings. The van der Waals surface area contributed by atoms with E-state index in [1.54, 1.807) is 36.6 Å². The Hall–Kier alpha value is -2.73. The molecule has 0 bridgehead atoms. The van der Waals surface area contributed by atoms with Gasteiger partial charge in [-0.15, -0.1) is 0 Å². The number of pyridine rings is 1. The van der Waals surface area contributed by atoms with E-state index in [0.29, 0.717) is 17.3 Å². The van der Waals surface area contributed by atoms with Gasteiger partial charge in [0.1, 0.15) is 11.5 Å². The molecule has 0 aliphatic carbocycles. The summed E-state index contributed by atoms with van der Waals surface area (Å²) >= 11 is 1.68. The van der Waals surface area contributed by atoms with Gasteiger partial charge in [0.25, 0.3) is 0 Å². The molecule has 4 rings (SSSR count). The standard InChI is InChI=1S/C22H23FN4S/c1-4-7-17(19(23)6-3)18-12-15(14-26-11-9-24-21(18)26)20-13-25-22(28-20)27-10-8-16(27)5-2/h4,6-7,9,11-14,16H,1,5,8,10H2,2-3H3/b17-7-,19-6+. The summed E-state index contributed by atoms with van der Waals surface area (Å²) < 4.78 is 16.5. The molecule has 1 aliphatic heterocycles. The first-order valence-electron chi connectivity index (χ1n) is 9.51. The van der Waals surface area contributed by atoms with Crippen molar-refractivity contribution in [3.63, 3.8) is 0 Å². The number of rotatable bonds is 6. The van der Waals surface area contributed by atoms with Crippen molar-refractivity contribution in [1.82, 2.24) is 14.4 Å². The summed E-state index contributed by atoms with van der Waals surface area (Å²) in [5.74, 6) is -0.293. The molecule has 28 heavy (non-hydrogen) atoms. The van der Waals surface area contributed by atoms with Gasteiger partial charge in [0.15, 0.2) is 5.13 Å². The van der Waals surface area contributed by atoms with Gasteiger partial charge in [-0.25, -0.2) is 14.4 Å². The smallest absolute Gasteiger partial charge is 0.186 e. The van der Waals surface area contributed by atoms with Crippen LogP contribution in [-0.2, 0) is 0 Å². The molecule has 4 heterocycles. The molecule has 1 unspecified atom stereocenters. The summed E-state index contributed by atoms with van der Waals surface area (Å²) in [6.07, 6.45) is 14.7. The first-order valence-corrected chi connectivity index (χ1v) is 10.3. The Balaban J connectivity index is 1.80. The van der Waals surface area contributed by atoms with Crippen LogP contribution in [0.2, 0.25) is 0 Å². The first kappa shape index (κ1) is 18.6. The Morgan fingerprint density at radius 2 is 2.29 bits per heavy atom. The summed E-state index contributed by atoms with van der Waals surface area (Å²) in [5, 5.41) is 1.06. The van der Waals surface area contributed by atoms with Gasteiger partial charge in [-0.3, -0.25) is 0 Å². The third-order valence-corrected chi connectivity index (χ3v) is 6.30. The molecule has 1 atom stereocenters. The Morgan fingerprint density at radius 3 is 2.96 bits per heavy atom. The van der Waals surface area contributed by atoms with Crippen LogP contribution in [0.4, 0.5) is 9.52 Å². The van der Waals surface area contributed by atoms with E-state index in [-0.39, 0.29) is 5.83 Å². The van der Waals surface area contributed by atoms with Crippen LogP contribution in [0.5, 0.6) is 0 Å². The number of hydrogen-bond donors (Lipinski definition) is 0. The van der Waals surface area contributed by atoms with Crippen LogP contribution in [0.15, 0.2) is 61.5 Å². The molecule has 4 nitrogen and oxygen atoms in total. The fourth-order valence-electron chi connectivity index (χ4n) is 3.59. The fraction of sp³-hybridized carbons (Fsp3) is 0.273. The predicted molar refractivity (Wildman–Crippen MR) is 115 cm³/mol. The normalized spacial score (nSPS) is 17.8. The molecule has 0 spiro atoms. The Morgan fingerprint density at radius 1 is 1.43 bits per heavy atom. The molecule has 0 saturated carbocycles. The van der Waals surface area contributed by atoms with Crippen molar-refractivity contribution in [2.24, 2.45) is 0 Å². The van der Waals surface area contributed by atoms with Crippen LogP contribution < -0.4 is 4.90 Å². The van der Waals surface area contributed by atoms with E-state index in [2.05, 4.69) is 28.4 Å². The van der Waals surface area contributed by atoms with Gasteiger partial charge in [-0.2, -0.15) is 0 Å². The number of allylic oxidation sites excluding steroid dienone is 5. The molecule has 0 amide bonds. The summed E-state index contributed by atoms with van der Waals surface area (Å²) in [7, 11) is 0. The SMILES string of the molecule is C=C/C=C(\C(F)=C/C)c1cc(-c2cnc(N3CCC3CC)s2)cn2ccnc12. The zero-order valence-electron chi connectivity index (χ0n) is 16.1. The molecular weight excluding hydrogens is 371 g/mol.